The average Bonchev–Trinajstić information content (AvgIpc) is 2.35. The maximum atomic E-state index is 5.42. The molecule has 0 N–H and O–H groups in total. The van der Waals surface area contributed by atoms with Crippen molar-refractivity contribution in [2.45, 2.75) is 20.5 Å². The van der Waals surface area contributed by atoms with Crippen LogP contribution in [0, 0.1) is 5.92 Å². The zero-order chi connectivity index (χ0) is 8.97. The Morgan fingerprint density at radius 3 is 2.83 bits per heavy atom. The van der Waals surface area contributed by atoms with Crippen molar-refractivity contribution in [3.8, 4) is 0 Å². The van der Waals surface area contributed by atoms with Crippen LogP contribution in [0.25, 0.3) is 0 Å². The summed E-state index contributed by atoms with van der Waals surface area (Å²) in [6.45, 7) is 5.70. The van der Waals surface area contributed by atoms with E-state index in [2.05, 4.69) is 18.9 Å². The van der Waals surface area contributed by atoms with Gasteiger partial charge in [-0.05, 0) is 12.0 Å². The molecule has 12 heavy (non-hydrogen) atoms. The van der Waals surface area contributed by atoms with Crippen LogP contribution in [-0.4, -0.2) is 16.4 Å². The first-order valence-electron chi connectivity index (χ1n) is 4.24. The number of nitrogens with zero attached hydrogens (tertiary/aromatic N) is 2. The molecule has 1 rings (SSSR count). The zero-order valence-corrected chi connectivity index (χ0v) is 7.95. The molecule has 1 aromatic rings. The third-order valence-electron chi connectivity index (χ3n) is 1.47. The Bertz CT molecular complexity index is 230. The second kappa shape index (κ2) is 4.26. The highest BCUT2D eigenvalue weighted by Gasteiger charge is 1.97. The lowest BCUT2D eigenvalue weighted by Gasteiger charge is -2.03. The van der Waals surface area contributed by atoms with Crippen molar-refractivity contribution in [2.24, 2.45) is 13.0 Å². The van der Waals surface area contributed by atoms with E-state index in [9.17, 15) is 0 Å². The number of ether oxygens (including phenoxy) is 1. The summed E-state index contributed by atoms with van der Waals surface area (Å²) in [5, 5.41) is 4.20. The number of rotatable bonds is 4. The molecule has 0 atom stereocenters. The Kier molecular flexibility index (Phi) is 3.29. The highest BCUT2D eigenvalue weighted by atomic mass is 16.5. The molecule has 0 saturated carbocycles. The smallest absolute Gasteiger partial charge is 0.0906 e. The molecule has 0 aromatic carbocycles. The molecule has 1 aromatic heterocycles. The lowest BCUT2D eigenvalue weighted by Crippen LogP contribution is -2.02. The molecule has 0 aliphatic heterocycles. The minimum absolute atomic E-state index is 0.591. The van der Waals surface area contributed by atoms with Crippen LogP contribution in [0.4, 0.5) is 0 Å². The second-order valence-electron chi connectivity index (χ2n) is 3.39. The van der Waals surface area contributed by atoms with Crippen LogP contribution in [0.3, 0.4) is 0 Å². The molecule has 0 fully saturated rings. The summed E-state index contributed by atoms with van der Waals surface area (Å²) in [5.41, 5.74) is 0.998. The SMILES string of the molecule is CC(C)COCc1ccn(C)n1. The molecule has 68 valence electrons. The van der Waals surface area contributed by atoms with Crippen LogP contribution in [-0.2, 0) is 18.4 Å². The molecule has 0 aliphatic carbocycles. The van der Waals surface area contributed by atoms with Gasteiger partial charge in [0.25, 0.3) is 0 Å². The molecule has 1 heterocycles. The van der Waals surface area contributed by atoms with E-state index in [4.69, 9.17) is 4.74 Å². The fourth-order valence-corrected chi connectivity index (χ4v) is 0.939. The second-order valence-corrected chi connectivity index (χ2v) is 3.39. The van der Waals surface area contributed by atoms with Crippen LogP contribution < -0.4 is 0 Å². The van der Waals surface area contributed by atoms with E-state index in [1.165, 1.54) is 0 Å². The van der Waals surface area contributed by atoms with Gasteiger partial charge < -0.3 is 4.74 Å². The summed E-state index contributed by atoms with van der Waals surface area (Å²) < 4.78 is 7.20. The Morgan fingerprint density at radius 2 is 2.33 bits per heavy atom. The highest BCUT2D eigenvalue weighted by Crippen LogP contribution is 1.99. The third-order valence-corrected chi connectivity index (χ3v) is 1.47. The van der Waals surface area contributed by atoms with E-state index in [-0.39, 0.29) is 0 Å². The lowest BCUT2D eigenvalue weighted by molar-refractivity contribution is 0.0945. The first kappa shape index (κ1) is 9.26. The van der Waals surface area contributed by atoms with Crippen molar-refractivity contribution in [2.75, 3.05) is 6.61 Å². The maximum absolute atomic E-state index is 5.42. The molecule has 0 saturated heterocycles. The number of hydrogen-bond acceptors (Lipinski definition) is 2. The van der Waals surface area contributed by atoms with Gasteiger partial charge in [0.2, 0.25) is 0 Å². The molecule has 3 heteroatoms. The fourth-order valence-electron chi connectivity index (χ4n) is 0.939. The quantitative estimate of drug-likeness (QED) is 0.682. The maximum Gasteiger partial charge on any atom is 0.0906 e. The van der Waals surface area contributed by atoms with E-state index in [1.54, 1.807) is 4.68 Å². The predicted octanol–water partition coefficient (Wildman–Crippen LogP) is 1.59. The molecule has 0 bridgehead atoms. The fraction of sp³-hybridized carbons (Fsp3) is 0.667. The van der Waals surface area contributed by atoms with Crippen molar-refractivity contribution in [3.63, 3.8) is 0 Å². The molecule has 0 unspecified atom stereocenters. The van der Waals surface area contributed by atoms with Gasteiger partial charge in [-0.1, -0.05) is 13.8 Å². The highest BCUT2D eigenvalue weighted by molar-refractivity contribution is 4.96. The summed E-state index contributed by atoms with van der Waals surface area (Å²) >= 11 is 0. The Morgan fingerprint density at radius 1 is 1.58 bits per heavy atom. The Labute approximate surface area is 73.3 Å². The summed E-state index contributed by atoms with van der Waals surface area (Å²) in [6, 6.07) is 1.97. The van der Waals surface area contributed by atoms with Gasteiger partial charge in [-0.25, -0.2) is 0 Å². The molecule has 0 aliphatic rings. The normalized spacial score (nSPS) is 11.0. The van der Waals surface area contributed by atoms with Crippen LogP contribution in [0.1, 0.15) is 19.5 Å². The summed E-state index contributed by atoms with van der Waals surface area (Å²) in [4.78, 5) is 0. The van der Waals surface area contributed by atoms with E-state index in [0.29, 0.717) is 12.5 Å². The van der Waals surface area contributed by atoms with Gasteiger partial charge in [-0.15, -0.1) is 0 Å². The largest absolute Gasteiger partial charge is 0.375 e. The van der Waals surface area contributed by atoms with E-state index >= 15 is 0 Å². The van der Waals surface area contributed by atoms with Gasteiger partial charge in [0, 0.05) is 19.9 Å². The van der Waals surface area contributed by atoms with Gasteiger partial charge >= 0.3 is 0 Å². The number of aryl methyl sites for hydroxylation is 1. The average molecular weight is 168 g/mol. The summed E-state index contributed by atoms with van der Waals surface area (Å²) in [7, 11) is 1.91. The summed E-state index contributed by atoms with van der Waals surface area (Å²) in [6.07, 6.45) is 1.92. The lowest BCUT2D eigenvalue weighted by atomic mass is 10.2. The van der Waals surface area contributed by atoms with E-state index in [0.717, 1.165) is 12.3 Å². The predicted molar refractivity (Wildman–Crippen MR) is 47.7 cm³/mol. The van der Waals surface area contributed by atoms with Gasteiger partial charge in [0.1, 0.15) is 0 Å². The number of hydrogen-bond donors (Lipinski definition) is 0. The van der Waals surface area contributed by atoms with E-state index < -0.39 is 0 Å². The first-order chi connectivity index (χ1) is 5.68. The zero-order valence-electron chi connectivity index (χ0n) is 7.95. The van der Waals surface area contributed by atoms with Crippen LogP contribution in [0.15, 0.2) is 12.3 Å². The van der Waals surface area contributed by atoms with Crippen molar-refractivity contribution >= 4 is 0 Å². The Balaban J connectivity index is 2.24. The van der Waals surface area contributed by atoms with Crippen LogP contribution in [0.2, 0.25) is 0 Å². The van der Waals surface area contributed by atoms with Crippen LogP contribution >= 0.6 is 0 Å². The molecular formula is C9H16N2O. The van der Waals surface area contributed by atoms with Gasteiger partial charge in [-0.3, -0.25) is 4.68 Å². The Hall–Kier alpha value is -0.830. The van der Waals surface area contributed by atoms with Gasteiger partial charge in [-0.2, -0.15) is 5.10 Å². The minimum Gasteiger partial charge on any atom is -0.375 e. The molecule has 3 nitrogen and oxygen atoms in total. The van der Waals surface area contributed by atoms with Crippen LogP contribution in [0.5, 0.6) is 0 Å². The minimum atomic E-state index is 0.591. The monoisotopic (exact) mass is 168 g/mol. The van der Waals surface area contributed by atoms with Crippen molar-refractivity contribution < 1.29 is 4.74 Å². The van der Waals surface area contributed by atoms with Gasteiger partial charge in [0.05, 0.1) is 12.3 Å². The standard InChI is InChI=1S/C9H16N2O/c1-8(2)6-12-7-9-4-5-11(3)10-9/h4-5,8H,6-7H2,1-3H3. The number of aromatic nitrogens is 2. The molecule has 0 radical (unpaired) electrons. The molecule has 0 spiro atoms. The topological polar surface area (TPSA) is 27.1 Å². The molecule has 0 amide bonds. The molecular weight excluding hydrogens is 152 g/mol. The summed E-state index contributed by atoms with van der Waals surface area (Å²) in [5.74, 6) is 0.591. The third kappa shape index (κ3) is 3.05. The van der Waals surface area contributed by atoms with Gasteiger partial charge in [0.15, 0.2) is 0 Å². The van der Waals surface area contributed by atoms with Crippen molar-refractivity contribution in [3.05, 3.63) is 18.0 Å². The van der Waals surface area contributed by atoms with E-state index in [1.807, 2.05) is 19.3 Å². The van der Waals surface area contributed by atoms with Crippen molar-refractivity contribution in [1.82, 2.24) is 9.78 Å². The van der Waals surface area contributed by atoms with Crippen molar-refractivity contribution in [1.29, 1.82) is 0 Å². The first-order valence-corrected chi connectivity index (χ1v) is 4.24.